The third-order valence-corrected chi connectivity index (χ3v) is 10.7. The highest BCUT2D eigenvalue weighted by Crippen LogP contribution is 2.66. The fourth-order valence-corrected chi connectivity index (χ4v) is 8.28. The zero-order valence-electron chi connectivity index (χ0n) is 22.0. The Morgan fingerprint density at radius 3 is 2.30 bits per heavy atom. The van der Waals surface area contributed by atoms with E-state index >= 15 is 0 Å². The van der Waals surface area contributed by atoms with E-state index in [0.717, 1.165) is 12.8 Å². The summed E-state index contributed by atoms with van der Waals surface area (Å²) in [6.07, 6.45) is 14.5. The van der Waals surface area contributed by atoms with Crippen LogP contribution in [0.3, 0.4) is 0 Å². The van der Waals surface area contributed by atoms with Crippen LogP contribution >= 0.6 is 0 Å². The number of rotatable bonds is 5. The zero-order valence-corrected chi connectivity index (χ0v) is 22.0. The Balaban J connectivity index is 1.56. The van der Waals surface area contributed by atoms with Gasteiger partial charge in [-0.25, -0.2) is 0 Å². The van der Waals surface area contributed by atoms with Crippen molar-refractivity contribution in [2.75, 3.05) is 0 Å². The smallest absolute Gasteiger partial charge is 0.302 e. The van der Waals surface area contributed by atoms with Gasteiger partial charge >= 0.3 is 5.97 Å². The fraction of sp³-hybridized carbons (Fsp3) is 0.800. The molecule has 0 radical (unpaired) electrons. The highest BCUT2D eigenvalue weighted by molar-refractivity contribution is 5.94. The number of ether oxygens (including phenoxy) is 1. The molecule has 0 N–H and O–H groups in total. The Hall–Kier alpha value is -1.38. The zero-order chi connectivity index (χ0) is 24.1. The van der Waals surface area contributed by atoms with Gasteiger partial charge in [0.1, 0.15) is 6.10 Å². The minimum Gasteiger partial charge on any atom is -0.463 e. The van der Waals surface area contributed by atoms with Crippen molar-refractivity contribution in [1.82, 2.24) is 0 Å². The standard InChI is InChI=1S/C30H46O3/c1-18(2)19(3)8-9-20(4)24-10-11-25-23-17-28(32)27-16-22(33-21(5)31)12-14-30(27,7)26(23)13-15-29(24,25)6/h8-9,17-20,22,24-27H,10-16H2,1-7H3/b9-8+/t19-,20+,22+,24+,25-,26-,27+,29+,30-/m0/s1. The van der Waals surface area contributed by atoms with Crippen LogP contribution < -0.4 is 0 Å². The molecule has 0 aliphatic heterocycles. The molecule has 3 saturated carbocycles. The average molecular weight is 455 g/mol. The largest absolute Gasteiger partial charge is 0.463 e. The number of esters is 1. The van der Waals surface area contributed by atoms with Gasteiger partial charge in [-0.2, -0.15) is 0 Å². The van der Waals surface area contributed by atoms with Gasteiger partial charge in [-0.15, -0.1) is 0 Å². The molecule has 184 valence electrons. The molecule has 0 unspecified atom stereocenters. The summed E-state index contributed by atoms with van der Waals surface area (Å²) < 4.78 is 5.53. The molecule has 0 spiro atoms. The van der Waals surface area contributed by atoms with Gasteiger partial charge in [-0.3, -0.25) is 9.59 Å². The molecule has 4 aliphatic carbocycles. The molecule has 3 nitrogen and oxygen atoms in total. The van der Waals surface area contributed by atoms with Gasteiger partial charge in [0.25, 0.3) is 0 Å². The lowest BCUT2D eigenvalue weighted by molar-refractivity contribution is -0.155. The van der Waals surface area contributed by atoms with Crippen molar-refractivity contribution in [2.45, 2.75) is 99.5 Å². The van der Waals surface area contributed by atoms with E-state index in [1.54, 1.807) is 0 Å². The maximum absolute atomic E-state index is 13.4. The molecular formula is C30H46O3. The van der Waals surface area contributed by atoms with Gasteiger partial charge in [0.15, 0.2) is 5.78 Å². The molecule has 0 aromatic carbocycles. The second kappa shape index (κ2) is 9.00. The van der Waals surface area contributed by atoms with Gasteiger partial charge in [0.05, 0.1) is 0 Å². The lowest BCUT2D eigenvalue weighted by Gasteiger charge is -2.57. The second-order valence-corrected chi connectivity index (χ2v) is 12.8. The van der Waals surface area contributed by atoms with E-state index in [-0.39, 0.29) is 23.4 Å². The molecule has 0 saturated heterocycles. The normalized spacial score (nSPS) is 42.4. The van der Waals surface area contributed by atoms with Crippen LogP contribution in [0.15, 0.2) is 23.8 Å². The first-order valence-electron chi connectivity index (χ1n) is 13.6. The minimum atomic E-state index is -0.223. The van der Waals surface area contributed by atoms with Crippen LogP contribution in [0.2, 0.25) is 0 Å². The van der Waals surface area contributed by atoms with Crippen LogP contribution in [0.25, 0.3) is 0 Å². The molecule has 3 fully saturated rings. The van der Waals surface area contributed by atoms with Crippen molar-refractivity contribution in [2.24, 2.45) is 52.3 Å². The minimum absolute atomic E-state index is 0.00489. The number of carbonyl (C=O) groups excluding carboxylic acids is 2. The molecule has 0 aromatic rings. The van der Waals surface area contributed by atoms with Crippen LogP contribution in [0.1, 0.15) is 93.4 Å². The van der Waals surface area contributed by atoms with E-state index in [0.29, 0.717) is 53.1 Å². The van der Waals surface area contributed by atoms with Crippen LogP contribution in [0, 0.1) is 52.3 Å². The van der Waals surface area contributed by atoms with E-state index in [2.05, 4.69) is 59.8 Å². The van der Waals surface area contributed by atoms with Crippen molar-refractivity contribution in [3.05, 3.63) is 23.8 Å². The molecule has 0 heterocycles. The highest BCUT2D eigenvalue weighted by Gasteiger charge is 2.59. The summed E-state index contributed by atoms with van der Waals surface area (Å²) in [4.78, 5) is 24.9. The Bertz CT molecular complexity index is 837. The van der Waals surface area contributed by atoms with E-state index in [1.807, 2.05) is 0 Å². The van der Waals surface area contributed by atoms with Gasteiger partial charge in [0.2, 0.25) is 0 Å². The van der Waals surface area contributed by atoms with Gasteiger partial charge in [0, 0.05) is 12.8 Å². The van der Waals surface area contributed by atoms with Crippen molar-refractivity contribution in [3.8, 4) is 0 Å². The second-order valence-electron chi connectivity index (χ2n) is 12.8. The summed E-state index contributed by atoms with van der Waals surface area (Å²) in [5.74, 6) is 3.72. The molecule has 3 heteroatoms. The molecule has 0 bridgehead atoms. The lowest BCUT2D eigenvalue weighted by Crippen LogP contribution is -2.52. The molecule has 4 aliphatic rings. The Morgan fingerprint density at radius 2 is 1.64 bits per heavy atom. The van der Waals surface area contributed by atoms with Gasteiger partial charge < -0.3 is 4.74 Å². The average Bonchev–Trinajstić information content (AvgIpc) is 3.10. The van der Waals surface area contributed by atoms with Crippen molar-refractivity contribution >= 4 is 11.8 Å². The van der Waals surface area contributed by atoms with E-state index in [4.69, 9.17) is 4.74 Å². The predicted octanol–water partition coefficient (Wildman–Crippen LogP) is 7.16. The first-order valence-corrected chi connectivity index (χ1v) is 13.6. The third-order valence-electron chi connectivity index (χ3n) is 10.7. The van der Waals surface area contributed by atoms with E-state index in [9.17, 15) is 9.59 Å². The molecule has 4 rings (SSSR count). The summed E-state index contributed by atoms with van der Waals surface area (Å²) in [5, 5.41) is 0. The summed E-state index contributed by atoms with van der Waals surface area (Å²) in [6, 6.07) is 0. The maximum atomic E-state index is 13.4. The summed E-state index contributed by atoms with van der Waals surface area (Å²) >= 11 is 0. The lowest BCUT2D eigenvalue weighted by atomic mass is 9.47. The first-order chi connectivity index (χ1) is 15.5. The number of hydrogen-bond acceptors (Lipinski definition) is 3. The quantitative estimate of drug-likeness (QED) is 0.327. The molecule has 33 heavy (non-hydrogen) atoms. The predicted molar refractivity (Wildman–Crippen MR) is 133 cm³/mol. The monoisotopic (exact) mass is 454 g/mol. The van der Waals surface area contributed by atoms with Gasteiger partial charge in [-0.05, 0) is 97.4 Å². The van der Waals surface area contributed by atoms with Gasteiger partial charge in [-0.1, -0.05) is 59.3 Å². The number of ketones is 1. The molecular weight excluding hydrogens is 408 g/mol. The highest BCUT2D eigenvalue weighted by atomic mass is 16.5. The Morgan fingerprint density at radius 1 is 0.970 bits per heavy atom. The van der Waals surface area contributed by atoms with Crippen molar-refractivity contribution < 1.29 is 14.3 Å². The maximum Gasteiger partial charge on any atom is 0.302 e. The van der Waals surface area contributed by atoms with Crippen LogP contribution in [0.4, 0.5) is 0 Å². The van der Waals surface area contributed by atoms with E-state index < -0.39 is 0 Å². The topological polar surface area (TPSA) is 43.4 Å². The van der Waals surface area contributed by atoms with Crippen LogP contribution in [0.5, 0.6) is 0 Å². The van der Waals surface area contributed by atoms with Crippen molar-refractivity contribution in [3.63, 3.8) is 0 Å². The number of allylic oxidation sites excluding steroid dienone is 4. The number of carbonyl (C=O) groups is 2. The summed E-state index contributed by atoms with van der Waals surface area (Å²) in [7, 11) is 0. The number of fused-ring (bicyclic) bond motifs is 5. The van der Waals surface area contributed by atoms with Crippen molar-refractivity contribution in [1.29, 1.82) is 0 Å². The Labute approximate surface area is 201 Å². The fourth-order valence-electron chi connectivity index (χ4n) is 8.28. The summed E-state index contributed by atoms with van der Waals surface area (Å²) in [6.45, 7) is 15.7. The molecule has 9 atom stereocenters. The van der Waals surface area contributed by atoms with Crippen LogP contribution in [-0.4, -0.2) is 17.9 Å². The van der Waals surface area contributed by atoms with Crippen LogP contribution in [-0.2, 0) is 14.3 Å². The van der Waals surface area contributed by atoms with E-state index in [1.165, 1.54) is 38.2 Å². The number of hydrogen-bond donors (Lipinski definition) is 0. The molecule has 0 amide bonds. The molecule has 0 aromatic heterocycles. The third kappa shape index (κ3) is 4.27. The SMILES string of the molecule is CC(=O)O[C@@H]1CC[C@]2(C)[C@H](C1)C(=O)C=C1[C@@H]2CC[C@]2(C)[C@@H]([C@H](C)/C=C/[C@H](C)C(C)C)CC[C@@H]12. The Kier molecular flexibility index (Phi) is 6.75. The summed E-state index contributed by atoms with van der Waals surface area (Å²) in [5.41, 5.74) is 1.80. The first kappa shape index (κ1) is 24.7.